The topological polar surface area (TPSA) is 55.6 Å². The van der Waals surface area contributed by atoms with Crippen molar-refractivity contribution >= 4 is 17.5 Å². The Morgan fingerprint density at radius 1 is 1.53 bits per heavy atom. The Balaban J connectivity index is 1.92. The van der Waals surface area contributed by atoms with Crippen LogP contribution in [0.5, 0.6) is 5.75 Å². The number of ether oxygens (including phenoxy) is 1. The molecule has 0 radical (unpaired) electrons. The number of carbonyl (C=O) groups is 1. The zero-order chi connectivity index (χ0) is 13.8. The van der Waals surface area contributed by atoms with Crippen LogP contribution in [0, 0.1) is 0 Å². The molecular weight excluding hydrogens is 264 g/mol. The monoisotopic (exact) mass is 282 g/mol. The molecule has 0 spiro atoms. The first-order chi connectivity index (χ1) is 9.15. The number of rotatable bonds is 6. The van der Waals surface area contributed by atoms with E-state index in [4.69, 9.17) is 22.1 Å². The maximum atomic E-state index is 12.0. The summed E-state index contributed by atoms with van der Waals surface area (Å²) in [6.45, 7) is 3.18. The number of likely N-dealkylation sites (N-methyl/N-ethyl adjacent to an activating group) is 1. The minimum absolute atomic E-state index is 0.0176. The van der Waals surface area contributed by atoms with E-state index < -0.39 is 0 Å². The molecule has 0 aliphatic heterocycles. The molecule has 1 aromatic carbocycles. The van der Waals surface area contributed by atoms with Gasteiger partial charge in [-0.1, -0.05) is 17.7 Å². The van der Waals surface area contributed by atoms with Gasteiger partial charge >= 0.3 is 0 Å². The lowest BCUT2D eigenvalue weighted by molar-refractivity contribution is -0.133. The fraction of sp³-hybridized carbons (Fsp3) is 0.500. The number of carbonyl (C=O) groups excluding carboxylic acids is 1. The van der Waals surface area contributed by atoms with Gasteiger partial charge in [-0.05, 0) is 37.5 Å². The van der Waals surface area contributed by atoms with Crippen molar-refractivity contribution in [3.8, 4) is 5.75 Å². The van der Waals surface area contributed by atoms with Crippen LogP contribution < -0.4 is 10.5 Å². The number of benzene rings is 1. The van der Waals surface area contributed by atoms with E-state index in [9.17, 15) is 4.79 Å². The third kappa shape index (κ3) is 3.61. The summed E-state index contributed by atoms with van der Waals surface area (Å²) >= 11 is 6.07. The van der Waals surface area contributed by atoms with Crippen LogP contribution in [0.4, 0.5) is 0 Å². The van der Waals surface area contributed by atoms with Crippen LogP contribution >= 0.6 is 11.6 Å². The zero-order valence-corrected chi connectivity index (χ0v) is 11.8. The number of hydrogen-bond donors (Lipinski definition) is 1. The molecule has 1 aliphatic carbocycles. The third-order valence-corrected chi connectivity index (χ3v) is 3.53. The van der Waals surface area contributed by atoms with E-state index in [1.54, 1.807) is 12.1 Å². The Labute approximate surface area is 118 Å². The Bertz CT molecular complexity index is 461. The average Bonchev–Trinajstić information content (AvgIpc) is 3.22. The second kappa shape index (κ2) is 6.26. The van der Waals surface area contributed by atoms with Gasteiger partial charge in [-0.15, -0.1) is 0 Å². The second-order valence-electron chi connectivity index (χ2n) is 4.67. The number of amides is 1. The third-order valence-electron chi connectivity index (χ3n) is 3.23. The van der Waals surface area contributed by atoms with Gasteiger partial charge in [0.15, 0.2) is 6.61 Å². The molecule has 2 N–H and O–H groups in total. The maximum Gasteiger partial charge on any atom is 0.260 e. The van der Waals surface area contributed by atoms with Crippen molar-refractivity contribution in [2.75, 3.05) is 13.2 Å². The molecule has 5 heteroatoms. The molecule has 1 aliphatic rings. The smallest absolute Gasteiger partial charge is 0.260 e. The van der Waals surface area contributed by atoms with Crippen molar-refractivity contribution in [3.63, 3.8) is 0 Å². The SMILES string of the molecule is CCN(C(=O)COc1ccc(CN)cc1Cl)C1CC1. The summed E-state index contributed by atoms with van der Waals surface area (Å²) in [5.41, 5.74) is 6.47. The number of nitrogens with zero attached hydrogens (tertiary/aromatic N) is 1. The van der Waals surface area contributed by atoms with Gasteiger partial charge in [0.2, 0.25) is 0 Å². The van der Waals surface area contributed by atoms with E-state index in [1.165, 1.54) is 0 Å². The molecule has 104 valence electrons. The molecule has 2 rings (SSSR count). The summed E-state index contributed by atoms with van der Waals surface area (Å²) in [5.74, 6) is 0.544. The van der Waals surface area contributed by atoms with Crippen molar-refractivity contribution in [2.45, 2.75) is 32.4 Å². The fourth-order valence-corrected chi connectivity index (χ4v) is 2.29. The molecule has 4 nitrogen and oxygen atoms in total. The van der Waals surface area contributed by atoms with Gasteiger partial charge in [-0.25, -0.2) is 0 Å². The highest BCUT2D eigenvalue weighted by atomic mass is 35.5. The summed E-state index contributed by atoms with van der Waals surface area (Å²) in [5, 5.41) is 0.491. The maximum absolute atomic E-state index is 12.0. The molecule has 19 heavy (non-hydrogen) atoms. The van der Waals surface area contributed by atoms with E-state index in [1.807, 2.05) is 17.9 Å². The van der Waals surface area contributed by atoms with E-state index in [-0.39, 0.29) is 12.5 Å². The first-order valence-electron chi connectivity index (χ1n) is 6.56. The molecule has 1 amide bonds. The Morgan fingerprint density at radius 3 is 2.79 bits per heavy atom. The zero-order valence-electron chi connectivity index (χ0n) is 11.1. The molecule has 1 aromatic rings. The summed E-state index contributed by atoms with van der Waals surface area (Å²) < 4.78 is 5.49. The number of hydrogen-bond acceptors (Lipinski definition) is 3. The average molecular weight is 283 g/mol. The van der Waals surface area contributed by atoms with Gasteiger partial charge in [-0.3, -0.25) is 4.79 Å². The Hall–Kier alpha value is -1.26. The van der Waals surface area contributed by atoms with Gasteiger partial charge in [0.05, 0.1) is 5.02 Å². The molecule has 0 saturated heterocycles. The van der Waals surface area contributed by atoms with E-state index in [0.29, 0.717) is 23.4 Å². The van der Waals surface area contributed by atoms with Gasteiger partial charge in [-0.2, -0.15) is 0 Å². The molecular formula is C14H19ClN2O2. The highest BCUT2D eigenvalue weighted by Crippen LogP contribution is 2.28. The van der Waals surface area contributed by atoms with Crippen LogP contribution in [0.2, 0.25) is 5.02 Å². The lowest BCUT2D eigenvalue weighted by Gasteiger charge is -2.20. The second-order valence-corrected chi connectivity index (χ2v) is 5.08. The fourth-order valence-electron chi connectivity index (χ4n) is 2.04. The van der Waals surface area contributed by atoms with Crippen LogP contribution in [0.25, 0.3) is 0 Å². The highest BCUT2D eigenvalue weighted by Gasteiger charge is 2.31. The van der Waals surface area contributed by atoms with Gasteiger partial charge in [0.1, 0.15) is 5.75 Å². The van der Waals surface area contributed by atoms with Crippen molar-refractivity contribution in [2.24, 2.45) is 5.73 Å². The first kappa shape index (κ1) is 14.2. The van der Waals surface area contributed by atoms with Crippen molar-refractivity contribution < 1.29 is 9.53 Å². The normalized spacial score (nSPS) is 14.3. The summed E-state index contributed by atoms with van der Waals surface area (Å²) in [6, 6.07) is 5.78. The predicted molar refractivity (Wildman–Crippen MR) is 75.2 cm³/mol. The predicted octanol–water partition coefficient (Wildman–Crippen LogP) is 2.19. The lowest BCUT2D eigenvalue weighted by atomic mass is 10.2. The minimum atomic E-state index is 0.0176. The Kier molecular flexibility index (Phi) is 4.66. The first-order valence-corrected chi connectivity index (χ1v) is 6.94. The molecule has 0 atom stereocenters. The standard InChI is InChI=1S/C14H19ClN2O2/c1-2-17(11-4-5-11)14(18)9-19-13-6-3-10(8-16)7-12(13)15/h3,6-7,11H,2,4-5,8-9,16H2,1H3. The van der Waals surface area contributed by atoms with Gasteiger partial charge in [0.25, 0.3) is 5.91 Å². The summed E-state index contributed by atoms with van der Waals surface area (Å²) in [6.07, 6.45) is 2.21. The van der Waals surface area contributed by atoms with Crippen LogP contribution in [0.3, 0.4) is 0 Å². The lowest BCUT2D eigenvalue weighted by Crippen LogP contribution is -2.36. The number of halogens is 1. The molecule has 1 saturated carbocycles. The van der Waals surface area contributed by atoms with Gasteiger partial charge in [0, 0.05) is 19.1 Å². The summed E-state index contributed by atoms with van der Waals surface area (Å²) in [7, 11) is 0. The molecule has 0 bridgehead atoms. The summed E-state index contributed by atoms with van der Waals surface area (Å²) in [4.78, 5) is 13.9. The number of nitrogens with two attached hydrogens (primary N) is 1. The van der Waals surface area contributed by atoms with Crippen molar-refractivity contribution in [1.82, 2.24) is 4.90 Å². The molecule has 1 fully saturated rings. The van der Waals surface area contributed by atoms with E-state index in [0.717, 1.165) is 24.9 Å². The minimum Gasteiger partial charge on any atom is -0.482 e. The quantitative estimate of drug-likeness (QED) is 0.870. The van der Waals surface area contributed by atoms with Crippen molar-refractivity contribution in [1.29, 1.82) is 0 Å². The largest absolute Gasteiger partial charge is 0.482 e. The van der Waals surface area contributed by atoms with E-state index >= 15 is 0 Å². The van der Waals surface area contributed by atoms with E-state index in [2.05, 4.69) is 0 Å². The highest BCUT2D eigenvalue weighted by molar-refractivity contribution is 6.32. The Morgan fingerprint density at radius 2 is 2.26 bits per heavy atom. The molecule has 0 aromatic heterocycles. The van der Waals surface area contributed by atoms with Crippen LogP contribution in [0.15, 0.2) is 18.2 Å². The van der Waals surface area contributed by atoms with Gasteiger partial charge < -0.3 is 15.4 Å². The molecule has 0 unspecified atom stereocenters. The van der Waals surface area contributed by atoms with Crippen LogP contribution in [0.1, 0.15) is 25.3 Å². The van der Waals surface area contributed by atoms with Crippen LogP contribution in [-0.4, -0.2) is 30.0 Å². The molecule has 0 heterocycles. The van der Waals surface area contributed by atoms with Crippen molar-refractivity contribution in [3.05, 3.63) is 28.8 Å². The van der Waals surface area contributed by atoms with Crippen LogP contribution in [-0.2, 0) is 11.3 Å².